The van der Waals surface area contributed by atoms with Crippen LogP contribution >= 0.6 is 0 Å². The molecule has 46 heavy (non-hydrogen) atoms. The summed E-state index contributed by atoms with van der Waals surface area (Å²) in [4.78, 5) is 63.0. The Balaban J connectivity index is 2.34. The molecule has 3 N–H and O–H groups in total. The molecule has 0 aliphatic heterocycles. The average molecular weight is 661 g/mol. The van der Waals surface area contributed by atoms with Crippen molar-refractivity contribution >= 4 is 29.4 Å². The van der Waals surface area contributed by atoms with Gasteiger partial charge in [0.05, 0.1) is 17.7 Å². The number of amides is 3. The molecule has 0 aliphatic carbocycles. The number of hydrogen-bond donors (Lipinski definition) is 3. The number of benzene rings is 1. The number of pyridine rings is 1. The molecule has 3 amide bonds. The number of ether oxygens (including phenoxy) is 1. The molecule has 0 unspecified atom stereocenters. The van der Waals surface area contributed by atoms with Gasteiger partial charge in [-0.2, -0.15) is 26.3 Å². The minimum atomic E-state index is -5.22. The lowest BCUT2D eigenvalue weighted by Crippen LogP contribution is -2.44. The van der Waals surface area contributed by atoms with E-state index in [1.54, 1.807) is 6.92 Å². The molecule has 2 rings (SSSR count). The zero-order valence-electron chi connectivity index (χ0n) is 25.2. The molecule has 0 saturated heterocycles. The van der Waals surface area contributed by atoms with Crippen LogP contribution in [0.1, 0.15) is 61.5 Å². The van der Waals surface area contributed by atoms with Crippen molar-refractivity contribution in [2.75, 3.05) is 18.5 Å². The van der Waals surface area contributed by atoms with Gasteiger partial charge in [0.2, 0.25) is 11.8 Å². The van der Waals surface area contributed by atoms with Gasteiger partial charge in [-0.25, -0.2) is 4.79 Å². The largest absolute Gasteiger partial charge is 0.463 e. The van der Waals surface area contributed by atoms with Gasteiger partial charge in [0.25, 0.3) is 11.5 Å². The molecule has 0 radical (unpaired) electrons. The van der Waals surface area contributed by atoms with Crippen molar-refractivity contribution in [3.63, 3.8) is 0 Å². The number of rotatable bonds is 14. The fourth-order valence-electron chi connectivity index (χ4n) is 3.92. The molecular weight excluding hydrogens is 626 g/mol. The maximum absolute atomic E-state index is 13.3. The first-order valence-corrected chi connectivity index (χ1v) is 14.1. The predicted octanol–water partition coefficient (Wildman–Crippen LogP) is 4.68. The van der Waals surface area contributed by atoms with Crippen LogP contribution in [0.5, 0.6) is 0 Å². The smallest absolute Gasteiger partial charge is 0.416 e. The summed E-state index contributed by atoms with van der Waals surface area (Å²) in [7, 11) is 0. The quantitative estimate of drug-likeness (QED) is 0.153. The van der Waals surface area contributed by atoms with E-state index in [-0.39, 0.29) is 49.9 Å². The van der Waals surface area contributed by atoms with E-state index in [1.165, 1.54) is 24.4 Å². The Morgan fingerprint density at radius 1 is 0.978 bits per heavy atom. The van der Waals surface area contributed by atoms with Gasteiger partial charge in [0, 0.05) is 24.4 Å². The zero-order chi connectivity index (χ0) is 34.7. The van der Waals surface area contributed by atoms with Gasteiger partial charge in [0.1, 0.15) is 18.3 Å². The second-order valence-electron chi connectivity index (χ2n) is 10.4. The summed E-state index contributed by atoms with van der Waals surface area (Å²) in [5.74, 6) is -3.33. The first-order valence-electron chi connectivity index (χ1n) is 14.1. The highest BCUT2D eigenvalue weighted by Gasteiger charge is 2.38. The maximum atomic E-state index is 13.3. The monoisotopic (exact) mass is 660 g/mol. The van der Waals surface area contributed by atoms with Gasteiger partial charge in [-0.05, 0) is 62.4 Å². The Morgan fingerprint density at radius 2 is 1.61 bits per heavy atom. The van der Waals surface area contributed by atoms with Gasteiger partial charge in [-0.1, -0.05) is 19.9 Å². The molecule has 1 atom stereocenters. The average Bonchev–Trinajstić information content (AvgIpc) is 2.95. The Bertz CT molecular complexity index is 1450. The minimum Gasteiger partial charge on any atom is -0.463 e. The molecule has 10 nitrogen and oxygen atoms in total. The van der Waals surface area contributed by atoms with Crippen molar-refractivity contribution in [1.29, 1.82) is 0 Å². The molecule has 16 heteroatoms. The van der Waals surface area contributed by atoms with Gasteiger partial charge in [-0.15, -0.1) is 0 Å². The second kappa shape index (κ2) is 16.6. The Morgan fingerprint density at radius 3 is 2.17 bits per heavy atom. The normalized spacial score (nSPS) is 12.6. The number of nitrogens with one attached hydrogen (secondary N) is 3. The molecular formula is C30H34F6N4O6. The third-order valence-corrected chi connectivity index (χ3v) is 6.27. The lowest BCUT2D eigenvalue weighted by atomic mass is 10.0. The summed E-state index contributed by atoms with van der Waals surface area (Å²) in [6.45, 7) is 5.58. The van der Waals surface area contributed by atoms with Crippen LogP contribution < -0.4 is 21.5 Å². The number of alkyl halides is 6. The summed E-state index contributed by atoms with van der Waals surface area (Å²) in [6.07, 6.45) is -6.50. The number of aromatic nitrogens is 1. The number of allylic oxidation sites excluding steroid dienone is 1. The van der Waals surface area contributed by atoms with Crippen LogP contribution in [0.3, 0.4) is 0 Å². The van der Waals surface area contributed by atoms with Crippen molar-refractivity contribution in [2.24, 2.45) is 5.92 Å². The summed E-state index contributed by atoms with van der Waals surface area (Å²) in [5, 5.41) is 7.06. The van der Waals surface area contributed by atoms with Crippen molar-refractivity contribution < 1.29 is 50.3 Å². The van der Waals surface area contributed by atoms with Crippen LogP contribution in [-0.4, -0.2) is 47.5 Å². The first-order chi connectivity index (χ1) is 21.4. The highest BCUT2D eigenvalue weighted by Crippen LogP contribution is 2.36. The van der Waals surface area contributed by atoms with E-state index in [9.17, 15) is 50.3 Å². The van der Waals surface area contributed by atoms with Crippen LogP contribution in [0.2, 0.25) is 0 Å². The third kappa shape index (κ3) is 12.0. The second-order valence-corrected chi connectivity index (χ2v) is 10.4. The molecule has 252 valence electrons. The summed E-state index contributed by atoms with van der Waals surface area (Å²) in [5.41, 5.74) is -5.60. The van der Waals surface area contributed by atoms with Gasteiger partial charge >= 0.3 is 18.3 Å². The fraction of sp³-hybridized carbons (Fsp3) is 0.433. The number of halogens is 6. The number of anilines is 1. The topological polar surface area (TPSA) is 136 Å². The van der Waals surface area contributed by atoms with E-state index >= 15 is 0 Å². The molecule has 1 aromatic heterocycles. The fourth-order valence-corrected chi connectivity index (χ4v) is 3.92. The Hall–Kier alpha value is -4.63. The molecule has 0 fully saturated rings. The van der Waals surface area contributed by atoms with Gasteiger partial charge in [0.15, 0.2) is 0 Å². The minimum absolute atomic E-state index is 0.0787. The van der Waals surface area contributed by atoms with Crippen LogP contribution in [0.25, 0.3) is 0 Å². The van der Waals surface area contributed by atoms with E-state index in [2.05, 4.69) is 16.0 Å². The molecule has 2 aromatic rings. The summed E-state index contributed by atoms with van der Waals surface area (Å²) in [6, 6.07) is 1.23. The first kappa shape index (κ1) is 37.6. The molecule has 0 bridgehead atoms. The van der Waals surface area contributed by atoms with Crippen LogP contribution in [0.15, 0.2) is 53.5 Å². The van der Waals surface area contributed by atoms with Gasteiger partial charge < -0.3 is 25.3 Å². The lowest BCUT2D eigenvalue weighted by molar-refractivity contribution is -0.143. The number of hydrogen-bond acceptors (Lipinski definition) is 6. The molecule has 1 aromatic carbocycles. The summed E-state index contributed by atoms with van der Waals surface area (Å²) >= 11 is 0. The van der Waals surface area contributed by atoms with E-state index in [0.717, 1.165) is 10.6 Å². The molecule has 0 saturated carbocycles. The Kier molecular flexibility index (Phi) is 13.6. The molecule has 1 heterocycles. The van der Waals surface area contributed by atoms with Crippen molar-refractivity contribution in [3.8, 4) is 0 Å². The number of carbonyl (C=O) groups excluding carboxylic acids is 4. The predicted molar refractivity (Wildman–Crippen MR) is 155 cm³/mol. The number of esters is 1. The number of nitrogens with zero attached hydrogens (tertiary/aromatic N) is 1. The zero-order valence-corrected chi connectivity index (χ0v) is 25.2. The highest BCUT2D eigenvalue weighted by molar-refractivity contribution is 6.01. The molecule has 0 spiro atoms. The lowest BCUT2D eigenvalue weighted by Gasteiger charge is -2.19. The van der Waals surface area contributed by atoms with E-state index < -0.39 is 64.3 Å². The number of carbonyl (C=O) groups is 4. The maximum Gasteiger partial charge on any atom is 0.416 e. The Labute approximate surface area is 260 Å². The molecule has 0 aliphatic rings. The van der Waals surface area contributed by atoms with E-state index in [0.29, 0.717) is 18.9 Å². The third-order valence-electron chi connectivity index (χ3n) is 6.27. The van der Waals surface area contributed by atoms with E-state index in [4.69, 9.17) is 4.74 Å². The van der Waals surface area contributed by atoms with Crippen molar-refractivity contribution in [2.45, 2.75) is 65.0 Å². The van der Waals surface area contributed by atoms with Crippen molar-refractivity contribution in [1.82, 2.24) is 15.2 Å². The van der Waals surface area contributed by atoms with E-state index in [1.807, 2.05) is 13.8 Å². The standard InChI is InChI=1S/C30H34F6N4O6/c1-4-46-25(42)10-6-5-8-22(38-26(43)19-14-20(29(31,32)33)16-21(15-19)30(34,35)36)27(44)39-23-9-7-13-40(28(23)45)17-24(41)37-12-11-18(2)3/h6-7,9-10,13-16,18,22H,4-5,8,11-12,17H2,1-3H3,(H,37,41)(H,38,43)(H,39,44)/b10-6+/t22-/m0/s1. The SMILES string of the molecule is CCOC(=O)/C=C/CC[C@H](NC(=O)c1cc(C(F)(F)F)cc(C(F)(F)F)c1)C(=O)Nc1cccn(CC(=O)NCCC(C)C)c1=O. The van der Waals surface area contributed by atoms with Crippen LogP contribution in [-0.2, 0) is 38.0 Å². The van der Waals surface area contributed by atoms with Gasteiger partial charge in [-0.3, -0.25) is 19.2 Å². The van der Waals surface area contributed by atoms with Crippen molar-refractivity contribution in [3.05, 3.63) is 75.7 Å². The van der Waals surface area contributed by atoms with Crippen LogP contribution in [0, 0.1) is 5.92 Å². The summed E-state index contributed by atoms with van der Waals surface area (Å²) < 4.78 is 85.8. The van der Waals surface area contributed by atoms with Crippen LogP contribution in [0.4, 0.5) is 32.0 Å². The highest BCUT2D eigenvalue weighted by atomic mass is 19.4.